The molecule has 0 atom stereocenters. The third-order valence-electron chi connectivity index (χ3n) is 2.68. The highest BCUT2D eigenvalue weighted by molar-refractivity contribution is 7.57. The summed E-state index contributed by atoms with van der Waals surface area (Å²) >= 11 is 0. The van der Waals surface area contributed by atoms with Gasteiger partial charge in [0.2, 0.25) is 0 Å². The third kappa shape index (κ3) is 32.7. The number of halogens is 1. The molecule has 0 amide bonds. The van der Waals surface area contributed by atoms with Crippen molar-refractivity contribution in [2.75, 3.05) is 37.0 Å². The van der Waals surface area contributed by atoms with Gasteiger partial charge in [-0.1, -0.05) is 41.5 Å². The highest BCUT2D eigenvalue weighted by atomic mass is 35.5. The maximum Gasteiger partial charge on any atom is 0.314 e. The predicted molar refractivity (Wildman–Crippen MR) is 97.8 cm³/mol. The Hall–Kier alpha value is 1.30. The summed E-state index contributed by atoms with van der Waals surface area (Å²) in [5.41, 5.74) is 0. The summed E-state index contributed by atoms with van der Waals surface area (Å²) < 4.78 is 8.74. The van der Waals surface area contributed by atoms with Gasteiger partial charge >= 0.3 is 8.25 Å². The zero-order chi connectivity index (χ0) is 15.0. The molecule has 0 fully saturated rings. The van der Waals surface area contributed by atoms with Crippen molar-refractivity contribution in [2.45, 2.75) is 41.5 Å². The lowest BCUT2D eigenvalue weighted by Crippen LogP contribution is -1.83. The van der Waals surface area contributed by atoms with Crippen molar-refractivity contribution in [3.8, 4) is 0 Å². The van der Waals surface area contributed by atoms with E-state index in [1.807, 2.05) is 0 Å². The van der Waals surface area contributed by atoms with E-state index in [4.69, 9.17) is 14.4 Å². The average Bonchev–Trinajstić information content (AvgIpc) is 2.34. The molecule has 0 bridgehead atoms. The maximum absolute atomic E-state index is 8.74. The molecule has 0 aromatic heterocycles. The fourth-order valence-electron chi connectivity index (χ4n) is 1.34. The van der Waals surface area contributed by atoms with Gasteiger partial charge in [-0.05, 0) is 37.0 Å². The van der Waals surface area contributed by atoms with Crippen LogP contribution in [-0.4, -0.2) is 46.8 Å². The lowest BCUT2D eigenvalue weighted by molar-refractivity contribution is 0.405. The van der Waals surface area contributed by atoms with Crippen molar-refractivity contribution in [1.29, 1.82) is 0 Å². The van der Waals surface area contributed by atoms with Crippen LogP contribution < -0.4 is 0 Å². The molecule has 0 saturated carbocycles. The molecule has 0 aromatic rings. The van der Waals surface area contributed by atoms with E-state index < -0.39 is 8.25 Å². The van der Waals surface area contributed by atoms with Crippen LogP contribution in [0.1, 0.15) is 41.5 Å². The van der Waals surface area contributed by atoms with E-state index in [1.165, 1.54) is 37.0 Å². The molecule has 0 spiro atoms. The zero-order valence-electron chi connectivity index (χ0n) is 13.3. The Morgan fingerprint density at radius 1 is 0.684 bits per heavy atom. The molecule has 0 unspecified atom stereocenters. The van der Waals surface area contributed by atoms with Gasteiger partial charge in [-0.25, -0.2) is 0 Å². The van der Waals surface area contributed by atoms with Crippen LogP contribution in [0.5, 0.6) is 0 Å². The first kappa shape index (κ1) is 28.5. The van der Waals surface area contributed by atoms with Crippen molar-refractivity contribution >= 4 is 36.5 Å². The summed E-state index contributed by atoms with van der Waals surface area (Å²) in [5.74, 6) is 0. The Morgan fingerprint density at radius 3 is 0.789 bits per heavy atom. The van der Waals surface area contributed by atoms with Crippen LogP contribution in [0.4, 0.5) is 0 Å². The zero-order valence-corrected chi connectivity index (χ0v) is 17.0. The Labute approximate surface area is 129 Å². The first-order valence-electron chi connectivity index (χ1n) is 6.79. The first-order chi connectivity index (χ1) is 8.42. The standard InChI is InChI=1S/2C6H15P.ClH.H3O3P/c2*1-4-7(5-2)6-3;;1-4(2)3/h2*4-6H2,1-3H3;1H;4H,(H2,1,2,3). The van der Waals surface area contributed by atoms with E-state index in [-0.39, 0.29) is 12.4 Å². The highest BCUT2D eigenvalue weighted by Crippen LogP contribution is 2.32. The SMILES string of the molecule is CCP(CC)CC.CCP(CC)CC.Cl.O=[PH](O)O. The topological polar surface area (TPSA) is 57.5 Å². The van der Waals surface area contributed by atoms with Gasteiger partial charge in [0.1, 0.15) is 0 Å². The molecule has 0 rings (SSSR count). The molecule has 0 saturated heterocycles. The maximum atomic E-state index is 8.74. The summed E-state index contributed by atoms with van der Waals surface area (Å²) in [4.78, 5) is 14.3. The quantitative estimate of drug-likeness (QED) is 0.671. The van der Waals surface area contributed by atoms with E-state index in [1.54, 1.807) is 0 Å². The minimum absolute atomic E-state index is 0. The predicted octanol–water partition coefficient (Wildman–Crippen LogP) is 4.84. The van der Waals surface area contributed by atoms with Crippen LogP contribution >= 0.6 is 36.5 Å². The molecule has 19 heavy (non-hydrogen) atoms. The van der Waals surface area contributed by atoms with Crippen molar-refractivity contribution in [1.82, 2.24) is 0 Å². The minimum Gasteiger partial charge on any atom is -0.326 e. The Kier molecular flexibility index (Phi) is 36.4. The Bertz CT molecular complexity index is 139. The van der Waals surface area contributed by atoms with E-state index >= 15 is 0 Å². The molecule has 2 N–H and O–H groups in total. The number of hydrogen-bond donors (Lipinski definition) is 2. The fraction of sp³-hybridized carbons (Fsp3) is 1.00. The number of hydrogen-bond acceptors (Lipinski definition) is 1. The average molecular weight is 355 g/mol. The van der Waals surface area contributed by atoms with Gasteiger partial charge in [-0.2, -0.15) is 0 Å². The van der Waals surface area contributed by atoms with Gasteiger partial charge in [-0.15, -0.1) is 28.3 Å². The summed E-state index contributed by atoms with van der Waals surface area (Å²) in [6, 6.07) is 0. The monoisotopic (exact) mass is 354 g/mol. The van der Waals surface area contributed by atoms with Gasteiger partial charge in [0.15, 0.2) is 0 Å². The minimum atomic E-state index is -3.13. The van der Waals surface area contributed by atoms with Crippen LogP contribution in [-0.2, 0) is 4.57 Å². The summed E-state index contributed by atoms with van der Waals surface area (Å²) in [7, 11) is -2.24. The molecule has 7 heteroatoms. The van der Waals surface area contributed by atoms with E-state index in [9.17, 15) is 0 Å². The largest absolute Gasteiger partial charge is 0.326 e. The lowest BCUT2D eigenvalue weighted by atomic mass is 10.9. The van der Waals surface area contributed by atoms with Crippen molar-refractivity contribution < 1.29 is 14.4 Å². The molecular weight excluding hydrogens is 321 g/mol. The Morgan fingerprint density at radius 2 is 0.789 bits per heavy atom. The first-order valence-corrected chi connectivity index (χ1v) is 11.9. The second-order valence-electron chi connectivity index (χ2n) is 3.52. The van der Waals surface area contributed by atoms with Gasteiger partial charge in [0, 0.05) is 0 Å². The van der Waals surface area contributed by atoms with Gasteiger partial charge in [0.25, 0.3) is 0 Å². The second kappa shape index (κ2) is 24.3. The van der Waals surface area contributed by atoms with Crippen LogP contribution in [0.25, 0.3) is 0 Å². The summed E-state index contributed by atoms with van der Waals surface area (Å²) in [6.45, 7) is 13.7. The molecule has 3 nitrogen and oxygen atoms in total. The molecule has 122 valence electrons. The Balaban J connectivity index is -0.0000000900. The molecule has 0 aliphatic heterocycles. The molecular formula is C12H34ClO3P3. The molecule has 0 aromatic carbocycles. The van der Waals surface area contributed by atoms with Gasteiger partial charge < -0.3 is 9.79 Å². The molecule has 0 heterocycles. The molecule has 0 aliphatic rings. The van der Waals surface area contributed by atoms with E-state index in [2.05, 4.69) is 41.5 Å². The number of rotatable bonds is 6. The van der Waals surface area contributed by atoms with Crippen LogP contribution in [0, 0.1) is 0 Å². The fourth-order valence-corrected chi connectivity index (χ4v) is 4.02. The van der Waals surface area contributed by atoms with Crippen LogP contribution in [0.15, 0.2) is 0 Å². The second-order valence-corrected chi connectivity index (χ2v) is 10.6. The van der Waals surface area contributed by atoms with E-state index in [0.717, 1.165) is 0 Å². The lowest BCUT2D eigenvalue weighted by Gasteiger charge is -2.07. The van der Waals surface area contributed by atoms with Crippen molar-refractivity contribution in [2.24, 2.45) is 0 Å². The van der Waals surface area contributed by atoms with Crippen molar-refractivity contribution in [3.05, 3.63) is 0 Å². The smallest absolute Gasteiger partial charge is 0.314 e. The summed E-state index contributed by atoms with van der Waals surface area (Å²) in [5, 5.41) is 0. The van der Waals surface area contributed by atoms with Gasteiger partial charge in [-0.3, -0.25) is 4.57 Å². The van der Waals surface area contributed by atoms with Gasteiger partial charge in [0.05, 0.1) is 0 Å². The normalized spacial score (nSPS) is 9.42. The highest BCUT2D eigenvalue weighted by Gasteiger charge is 1.94. The van der Waals surface area contributed by atoms with Crippen LogP contribution in [0.3, 0.4) is 0 Å². The summed E-state index contributed by atoms with van der Waals surface area (Å²) in [6.07, 6.45) is 8.51. The van der Waals surface area contributed by atoms with E-state index in [0.29, 0.717) is 15.8 Å². The molecule has 0 aliphatic carbocycles. The van der Waals surface area contributed by atoms with Crippen molar-refractivity contribution in [3.63, 3.8) is 0 Å². The third-order valence-corrected chi connectivity index (χ3v) is 8.05. The molecule has 0 radical (unpaired) electrons. The van der Waals surface area contributed by atoms with Crippen LogP contribution in [0.2, 0.25) is 0 Å².